The number of imidazole rings is 1. The average Bonchev–Trinajstić information content (AvgIpc) is 2.74. The minimum atomic E-state index is 0. The topological polar surface area (TPSA) is 54.7 Å². The van der Waals surface area contributed by atoms with Gasteiger partial charge in [-0.25, -0.2) is 4.98 Å². The second-order valence-electron chi connectivity index (χ2n) is 4.08. The molecule has 0 unspecified atom stereocenters. The van der Waals surface area contributed by atoms with E-state index in [-0.39, 0.29) is 24.8 Å². The number of H-pyrrole nitrogens is 1. The van der Waals surface area contributed by atoms with Crippen LogP contribution in [0.2, 0.25) is 0 Å². The molecule has 3 rings (SSSR count). The molecular formula is C14H15Cl2N3. The lowest BCUT2D eigenvalue weighted by molar-refractivity contribution is 1.04. The Kier molecular flexibility index (Phi) is 5.21. The molecule has 0 atom stereocenters. The van der Waals surface area contributed by atoms with Gasteiger partial charge >= 0.3 is 0 Å². The fourth-order valence-corrected chi connectivity index (χ4v) is 1.96. The predicted molar refractivity (Wildman–Crippen MR) is 84.3 cm³/mol. The van der Waals surface area contributed by atoms with Gasteiger partial charge in [0.25, 0.3) is 0 Å². The van der Waals surface area contributed by atoms with Gasteiger partial charge in [0.15, 0.2) is 0 Å². The third-order valence-electron chi connectivity index (χ3n) is 2.85. The number of rotatable bonds is 2. The Balaban J connectivity index is 0.000000902. The molecule has 0 bridgehead atoms. The highest BCUT2D eigenvalue weighted by atomic mass is 35.5. The maximum atomic E-state index is 5.92. The maximum absolute atomic E-state index is 5.92. The summed E-state index contributed by atoms with van der Waals surface area (Å²) < 4.78 is 0. The quantitative estimate of drug-likeness (QED) is 0.710. The molecule has 0 fully saturated rings. The van der Waals surface area contributed by atoms with Crippen molar-refractivity contribution in [2.45, 2.75) is 6.42 Å². The van der Waals surface area contributed by atoms with Gasteiger partial charge in [0, 0.05) is 12.1 Å². The molecule has 0 aliphatic rings. The molecule has 19 heavy (non-hydrogen) atoms. The number of hydrogen-bond donors (Lipinski definition) is 2. The predicted octanol–water partition coefficient (Wildman–Crippen LogP) is 3.58. The van der Waals surface area contributed by atoms with Gasteiger partial charge in [0.05, 0.1) is 11.0 Å². The van der Waals surface area contributed by atoms with E-state index in [1.54, 1.807) is 0 Å². The minimum absolute atomic E-state index is 0. The van der Waals surface area contributed by atoms with Crippen molar-refractivity contribution in [2.75, 3.05) is 5.73 Å². The molecule has 0 amide bonds. The first-order valence-electron chi connectivity index (χ1n) is 5.60. The molecule has 5 heteroatoms. The highest BCUT2D eigenvalue weighted by Gasteiger charge is 2.04. The summed E-state index contributed by atoms with van der Waals surface area (Å²) in [5.74, 6) is 0.948. The fraction of sp³-hybridized carbons (Fsp3) is 0.0714. The van der Waals surface area contributed by atoms with Crippen molar-refractivity contribution in [1.82, 2.24) is 9.97 Å². The van der Waals surface area contributed by atoms with Crippen LogP contribution in [0.4, 0.5) is 5.69 Å². The van der Waals surface area contributed by atoms with Crippen molar-refractivity contribution in [3.05, 3.63) is 59.9 Å². The van der Waals surface area contributed by atoms with Gasteiger partial charge in [0.1, 0.15) is 5.82 Å². The van der Waals surface area contributed by atoms with Crippen LogP contribution in [0.3, 0.4) is 0 Å². The Morgan fingerprint density at radius 2 is 1.63 bits per heavy atom. The number of benzene rings is 2. The minimum Gasteiger partial charge on any atom is -0.398 e. The number of nitrogens with one attached hydrogen (secondary N) is 1. The number of fused-ring (bicyclic) bond motifs is 1. The van der Waals surface area contributed by atoms with E-state index in [4.69, 9.17) is 5.73 Å². The number of halogens is 2. The smallest absolute Gasteiger partial charge is 0.111 e. The lowest BCUT2D eigenvalue weighted by Gasteiger charge is -2.01. The second-order valence-corrected chi connectivity index (χ2v) is 4.08. The van der Waals surface area contributed by atoms with Crippen molar-refractivity contribution >= 4 is 41.5 Å². The molecule has 3 nitrogen and oxygen atoms in total. The van der Waals surface area contributed by atoms with Gasteiger partial charge in [-0.15, -0.1) is 24.8 Å². The molecular weight excluding hydrogens is 281 g/mol. The standard InChI is InChI=1S/C14H13N3.2ClH/c15-11-6-2-1-5-10(11)9-14-16-12-7-3-4-8-13(12)17-14;;/h1-8H,9,15H2,(H,16,17);2*1H. The van der Waals surface area contributed by atoms with Crippen molar-refractivity contribution in [3.8, 4) is 0 Å². The van der Waals surface area contributed by atoms with Gasteiger partial charge in [0.2, 0.25) is 0 Å². The number of anilines is 1. The molecule has 0 spiro atoms. The van der Waals surface area contributed by atoms with Crippen LogP contribution in [0.5, 0.6) is 0 Å². The van der Waals surface area contributed by atoms with Crippen LogP contribution in [-0.2, 0) is 6.42 Å². The van der Waals surface area contributed by atoms with Gasteiger partial charge < -0.3 is 10.7 Å². The molecule has 1 heterocycles. The SMILES string of the molecule is Cl.Cl.Nc1ccccc1Cc1nc2ccccc2[nH]1. The van der Waals surface area contributed by atoms with Crippen LogP contribution >= 0.6 is 24.8 Å². The third kappa shape index (κ3) is 3.19. The van der Waals surface area contributed by atoms with Crippen LogP contribution < -0.4 is 5.73 Å². The van der Waals surface area contributed by atoms with Crippen molar-refractivity contribution in [1.29, 1.82) is 0 Å². The van der Waals surface area contributed by atoms with Gasteiger partial charge in [-0.3, -0.25) is 0 Å². The summed E-state index contributed by atoms with van der Waals surface area (Å²) >= 11 is 0. The largest absolute Gasteiger partial charge is 0.398 e. The molecule has 0 radical (unpaired) electrons. The van der Waals surface area contributed by atoms with E-state index >= 15 is 0 Å². The number of para-hydroxylation sites is 3. The van der Waals surface area contributed by atoms with Crippen LogP contribution in [0.25, 0.3) is 11.0 Å². The van der Waals surface area contributed by atoms with E-state index in [0.29, 0.717) is 0 Å². The van der Waals surface area contributed by atoms with Gasteiger partial charge in [-0.1, -0.05) is 30.3 Å². The summed E-state index contributed by atoms with van der Waals surface area (Å²) in [6.07, 6.45) is 0.737. The average molecular weight is 296 g/mol. The first-order chi connectivity index (χ1) is 8.33. The first kappa shape index (κ1) is 15.3. The summed E-state index contributed by atoms with van der Waals surface area (Å²) in [7, 11) is 0. The van der Waals surface area contributed by atoms with Gasteiger partial charge in [-0.05, 0) is 23.8 Å². The Morgan fingerprint density at radius 3 is 2.37 bits per heavy atom. The van der Waals surface area contributed by atoms with Crippen molar-refractivity contribution in [2.24, 2.45) is 0 Å². The highest BCUT2D eigenvalue weighted by molar-refractivity contribution is 5.85. The molecule has 0 aliphatic carbocycles. The van der Waals surface area contributed by atoms with E-state index < -0.39 is 0 Å². The molecule has 2 aromatic carbocycles. The maximum Gasteiger partial charge on any atom is 0.111 e. The Bertz CT molecular complexity index is 631. The summed E-state index contributed by atoms with van der Waals surface area (Å²) in [6, 6.07) is 15.9. The summed E-state index contributed by atoms with van der Waals surface area (Å²) in [5, 5.41) is 0. The number of aromatic amines is 1. The third-order valence-corrected chi connectivity index (χ3v) is 2.85. The van der Waals surface area contributed by atoms with E-state index in [1.165, 1.54) is 0 Å². The monoisotopic (exact) mass is 295 g/mol. The molecule has 0 aliphatic heterocycles. The van der Waals surface area contributed by atoms with Crippen molar-refractivity contribution < 1.29 is 0 Å². The fourth-order valence-electron chi connectivity index (χ4n) is 1.96. The van der Waals surface area contributed by atoms with E-state index in [0.717, 1.165) is 34.5 Å². The van der Waals surface area contributed by atoms with Gasteiger partial charge in [-0.2, -0.15) is 0 Å². The number of nitrogens with zero attached hydrogens (tertiary/aromatic N) is 1. The summed E-state index contributed by atoms with van der Waals surface area (Å²) in [5.41, 5.74) is 9.90. The lowest BCUT2D eigenvalue weighted by Crippen LogP contribution is -1.96. The highest BCUT2D eigenvalue weighted by Crippen LogP contribution is 2.17. The normalized spacial score (nSPS) is 9.68. The Labute approximate surface area is 124 Å². The number of aromatic nitrogens is 2. The zero-order valence-corrected chi connectivity index (χ0v) is 11.8. The molecule has 0 saturated carbocycles. The molecule has 3 aromatic rings. The molecule has 100 valence electrons. The first-order valence-corrected chi connectivity index (χ1v) is 5.60. The lowest BCUT2D eigenvalue weighted by atomic mass is 10.1. The zero-order chi connectivity index (χ0) is 11.7. The molecule has 0 saturated heterocycles. The van der Waals surface area contributed by atoms with E-state index in [9.17, 15) is 0 Å². The van der Waals surface area contributed by atoms with Crippen LogP contribution in [0, 0.1) is 0 Å². The van der Waals surface area contributed by atoms with Crippen LogP contribution in [0.1, 0.15) is 11.4 Å². The van der Waals surface area contributed by atoms with Crippen LogP contribution in [-0.4, -0.2) is 9.97 Å². The molecule has 1 aromatic heterocycles. The number of nitrogen functional groups attached to an aromatic ring is 1. The summed E-state index contributed by atoms with van der Waals surface area (Å²) in [4.78, 5) is 7.84. The number of hydrogen-bond acceptors (Lipinski definition) is 2. The summed E-state index contributed by atoms with van der Waals surface area (Å²) in [6.45, 7) is 0. The number of nitrogens with two attached hydrogens (primary N) is 1. The van der Waals surface area contributed by atoms with Crippen molar-refractivity contribution in [3.63, 3.8) is 0 Å². The zero-order valence-electron chi connectivity index (χ0n) is 10.2. The Morgan fingerprint density at radius 1 is 0.947 bits per heavy atom. The molecule has 3 N–H and O–H groups in total. The van der Waals surface area contributed by atoms with Crippen LogP contribution in [0.15, 0.2) is 48.5 Å². The van der Waals surface area contributed by atoms with E-state index in [1.807, 2.05) is 48.5 Å². The van der Waals surface area contributed by atoms with E-state index in [2.05, 4.69) is 9.97 Å². The Hall–Kier alpha value is -1.71. The second kappa shape index (κ2) is 6.45.